The van der Waals surface area contributed by atoms with E-state index in [0.29, 0.717) is 36.3 Å². The van der Waals surface area contributed by atoms with Gasteiger partial charge in [-0.1, -0.05) is 12.1 Å². The van der Waals surface area contributed by atoms with Crippen LogP contribution >= 0.6 is 0 Å². The van der Waals surface area contributed by atoms with Gasteiger partial charge in [-0.3, -0.25) is 4.79 Å². The molecule has 38 heavy (non-hydrogen) atoms. The lowest BCUT2D eigenvalue weighted by molar-refractivity contribution is 0.0962. The number of carbonyl (C=O) groups excluding carboxylic acids is 1. The molecule has 0 spiro atoms. The summed E-state index contributed by atoms with van der Waals surface area (Å²) in [5.74, 6) is -1.64. The second-order valence-corrected chi connectivity index (χ2v) is 8.83. The fraction of sp³-hybridized carbons (Fsp3) is 0.259. The topological polar surface area (TPSA) is 102 Å². The highest BCUT2D eigenvalue weighted by Gasteiger charge is 2.25. The first kappa shape index (κ1) is 25.2. The standard InChI is InChI=1S/C27H22F3N5O3/c1-14-3-4-15(7-17(14)11-31)19-10-23-33-12-22(35(23)34-27(19)38-18-5-6-37-13-18)20-8-16(26(36)32-2)9-21(24(20)28)25(29)30/h3-4,7-10,12,18,25H,5-6,13H2,1-2H3,(H,32,36). The minimum Gasteiger partial charge on any atom is -0.470 e. The molecule has 0 saturated carbocycles. The average molecular weight is 521 g/mol. The zero-order valence-electron chi connectivity index (χ0n) is 20.5. The molecule has 1 fully saturated rings. The van der Waals surface area contributed by atoms with Crippen molar-refractivity contribution in [3.8, 4) is 34.3 Å². The third kappa shape index (κ3) is 4.54. The van der Waals surface area contributed by atoms with Crippen LogP contribution in [0.4, 0.5) is 13.2 Å². The van der Waals surface area contributed by atoms with Crippen LogP contribution in [0.15, 0.2) is 42.6 Å². The molecule has 1 aliphatic rings. The summed E-state index contributed by atoms with van der Waals surface area (Å²) < 4.78 is 55.5. The number of hydrogen-bond donors (Lipinski definition) is 1. The SMILES string of the molecule is CNC(=O)c1cc(-c2cnc3cc(-c4ccc(C)c(C#N)c4)c(OC4CCOC4)nn23)c(F)c(C(F)F)c1. The Morgan fingerprint density at radius 3 is 2.76 bits per heavy atom. The average Bonchev–Trinajstić information content (AvgIpc) is 3.58. The number of alkyl halides is 2. The lowest BCUT2D eigenvalue weighted by Crippen LogP contribution is -2.19. The number of imidazole rings is 1. The van der Waals surface area contributed by atoms with Gasteiger partial charge in [-0.15, -0.1) is 5.10 Å². The van der Waals surface area contributed by atoms with E-state index in [1.54, 1.807) is 12.1 Å². The second-order valence-electron chi connectivity index (χ2n) is 8.83. The number of nitrogens with zero attached hydrogens (tertiary/aromatic N) is 4. The fourth-order valence-electron chi connectivity index (χ4n) is 4.32. The number of carbonyl (C=O) groups is 1. The molecule has 8 nitrogen and oxygen atoms in total. The maximum absolute atomic E-state index is 15.3. The summed E-state index contributed by atoms with van der Waals surface area (Å²) in [5, 5.41) is 16.5. The summed E-state index contributed by atoms with van der Waals surface area (Å²) in [6.07, 6.45) is -1.50. The summed E-state index contributed by atoms with van der Waals surface area (Å²) in [4.78, 5) is 16.6. The van der Waals surface area contributed by atoms with Crippen molar-refractivity contribution in [2.24, 2.45) is 0 Å². The maximum Gasteiger partial charge on any atom is 0.266 e. The smallest absolute Gasteiger partial charge is 0.266 e. The van der Waals surface area contributed by atoms with E-state index in [2.05, 4.69) is 21.5 Å². The van der Waals surface area contributed by atoms with Gasteiger partial charge < -0.3 is 14.8 Å². The van der Waals surface area contributed by atoms with Crippen LogP contribution in [0.2, 0.25) is 0 Å². The van der Waals surface area contributed by atoms with E-state index in [1.165, 1.54) is 23.8 Å². The Morgan fingerprint density at radius 2 is 2.08 bits per heavy atom. The van der Waals surface area contributed by atoms with Gasteiger partial charge in [-0.2, -0.15) is 5.26 Å². The minimum absolute atomic E-state index is 0.0610. The van der Waals surface area contributed by atoms with Gasteiger partial charge in [-0.05, 0) is 42.3 Å². The van der Waals surface area contributed by atoms with Crippen LogP contribution in [-0.4, -0.2) is 46.9 Å². The normalized spacial score (nSPS) is 15.1. The lowest BCUT2D eigenvalue weighted by Gasteiger charge is -2.16. The summed E-state index contributed by atoms with van der Waals surface area (Å²) in [6.45, 7) is 2.70. The molecule has 11 heteroatoms. The molecule has 1 N–H and O–H groups in total. The summed E-state index contributed by atoms with van der Waals surface area (Å²) in [5.41, 5.74) is 1.55. The molecule has 2 aromatic carbocycles. The highest BCUT2D eigenvalue weighted by atomic mass is 19.3. The van der Waals surface area contributed by atoms with Crippen molar-refractivity contribution in [1.29, 1.82) is 5.26 Å². The van der Waals surface area contributed by atoms with Gasteiger partial charge in [-0.25, -0.2) is 22.7 Å². The third-order valence-electron chi connectivity index (χ3n) is 6.40. The summed E-state index contributed by atoms with van der Waals surface area (Å²) in [6, 6.07) is 11.2. The van der Waals surface area contributed by atoms with Crippen molar-refractivity contribution < 1.29 is 27.4 Å². The number of aryl methyl sites for hydroxylation is 1. The Labute approximate surface area is 215 Å². The van der Waals surface area contributed by atoms with Crippen LogP contribution in [0.5, 0.6) is 5.88 Å². The molecular weight excluding hydrogens is 499 g/mol. The van der Waals surface area contributed by atoms with Crippen LogP contribution in [0.3, 0.4) is 0 Å². The third-order valence-corrected chi connectivity index (χ3v) is 6.40. The molecule has 1 amide bonds. The van der Waals surface area contributed by atoms with Gasteiger partial charge in [0.2, 0.25) is 5.88 Å². The molecule has 1 unspecified atom stereocenters. The highest BCUT2D eigenvalue weighted by Crippen LogP contribution is 2.36. The molecule has 0 aliphatic carbocycles. The first-order chi connectivity index (χ1) is 18.3. The predicted molar refractivity (Wildman–Crippen MR) is 131 cm³/mol. The number of hydrogen-bond acceptors (Lipinski definition) is 6. The molecule has 4 aromatic rings. The Balaban J connectivity index is 1.72. The van der Waals surface area contributed by atoms with Crippen LogP contribution < -0.4 is 10.1 Å². The van der Waals surface area contributed by atoms with Gasteiger partial charge in [0.1, 0.15) is 11.9 Å². The van der Waals surface area contributed by atoms with Gasteiger partial charge in [0.25, 0.3) is 12.3 Å². The molecule has 0 bridgehead atoms. The van der Waals surface area contributed by atoms with E-state index in [9.17, 15) is 18.8 Å². The van der Waals surface area contributed by atoms with Crippen molar-refractivity contribution in [2.45, 2.75) is 25.9 Å². The van der Waals surface area contributed by atoms with E-state index < -0.39 is 23.7 Å². The van der Waals surface area contributed by atoms with E-state index in [4.69, 9.17) is 9.47 Å². The molecule has 5 rings (SSSR count). The summed E-state index contributed by atoms with van der Waals surface area (Å²) in [7, 11) is 1.35. The Morgan fingerprint density at radius 1 is 1.26 bits per heavy atom. The largest absolute Gasteiger partial charge is 0.470 e. The summed E-state index contributed by atoms with van der Waals surface area (Å²) >= 11 is 0. The highest BCUT2D eigenvalue weighted by molar-refractivity contribution is 5.95. The van der Waals surface area contributed by atoms with Crippen LogP contribution in [0.25, 0.3) is 28.0 Å². The number of amides is 1. The lowest BCUT2D eigenvalue weighted by atomic mass is 10.0. The zero-order chi connectivity index (χ0) is 27.0. The maximum atomic E-state index is 15.3. The molecule has 1 saturated heterocycles. The van der Waals surface area contributed by atoms with Crippen molar-refractivity contribution in [3.05, 3.63) is 70.7 Å². The van der Waals surface area contributed by atoms with Crippen LogP contribution in [0, 0.1) is 24.1 Å². The van der Waals surface area contributed by atoms with Gasteiger partial charge in [0, 0.05) is 30.2 Å². The quantitative estimate of drug-likeness (QED) is 0.389. The number of aromatic nitrogens is 3. The monoisotopic (exact) mass is 521 g/mol. The number of nitrogens with one attached hydrogen (secondary N) is 1. The Hall–Kier alpha value is -4.43. The van der Waals surface area contributed by atoms with E-state index in [1.807, 2.05) is 19.1 Å². The van der Waals surface area contributed by atoms with Crippen LogP contribution in [-0.2, 0) is 4.74 Å². The number of ether oxygens (including phenoxy) is 2. The molecule has 2 aromatic heterocycles. The first-order valence-electron chi connectivity index (χ1n) is 11.8. The Kier molecular flexibility index (Phi) is 6.73. The molecule has 1 atom stereocenters. The van der Waals surface area contributed by atoms with E-state index >= 15 is 4.39 Å². The van der Waals surface area contributed by atoms with Gasteiger partial charge in [0.05, 0.1) is 42.3 Å². The van der Waals surface area contributed by atoms with E-state index in [-0.39, 0.29) is 34.5 Å². The molecule has 3 heterocycles. The fourth-order valence-corrected chi connectivity index (χ4v) is 4.32. The van der Waals surface area contributed by atoms with Crippen molar-refractivity contribution >= 4 is 11.6 Å². The second kappa shape index (κ2) is 10.1. The number of halogens is 3. The first-order valence-corrected chi connectivity index (χ1v) is 11.8. The Bertz CT molecular complexity index is 1590. The van der Waals surface area contributed by atoms with Crippen molar-refractivity contribution in [1.82, 2.24) is 19.9 Å². The predicted octanol–water partition coefficient (Wildman–Crippen LogP) is 4.85. The molecular formula is C27H22F3N5O3. The van der Waals surface area contributed by atoms with Gasteiger partial charge in [0.15, 0.2) is 5.65 Å². The molecule has 0 radical (unpaired) electrons. The minimum atomic E-state index is -3.14. The number of nitriles is 1. The molecule has 194 valence electrons. The van der Waals surface area contributed by atoms with E-state index in [0.717, 1.165) is 11.6 Å². The van der Waals surface area contributed by atoms with Crippen molar-refractivity contribution in [3.63, 3.8) is 0 Å². The number of fused-ring (bicyclic) bond motifs is 1. The number of rotatable bonds is 6. The molecule has 1 aliphatic heterocycles. The van der Waals surface area contributed by atoms with Crippen molar-refractivity contribution in [2.75, 3.05) is 20.3 Å². The number of benzene rings is 2. The van der Waals surface area contributed by atoms with Gasteiger partial charge >= 0.3 is 0 Å². The van der Waals surface area contributed by atoms with Crippen LogP contribution in [0.1, 0.15) is 39.9 Å². The zero-order valence-corrected chi connectivity index (χ0v) is 20.5.